The third kappa shape index (κ3) is 8.00. The molecule has 0 fully saturated rings. The zero-order valence-corrected chi connectivity index (χ0v) is 16.0. The van der Waals surface area contributed by atoms with E-state index in [2.05, 4.69) is 10.6 Å². The van der Waals surface area contributed by atoms with E-state index in [1.807, 2.05) is 24.3 Å². The van der Waals surface area contributed by atoms with Gasteiger partial charge in [0.2, 0.25) is 5.91 Å². The van der Waals surface area contributed by atoms with Crippen LogP contribution in [0, 0.1) is 0 Å². The Kier molecular flexibility index (Phi) is 8.09. The van der Waals surface area contributed by atoms with Crippen LogP contribution in [-0.4, -0.2) is 36.7 Å². The minimum Gasteiger partial charge on any atom is -0.467 e. The Hall–Kier alpha value is -2.57. The third-order valence-electron chi connectivity index (χ3n) is 3.44. The summed E-state index contributed by atoms with van der Waals surface area (Å²) in [5.74, 6) is -0.693. The molecule has 1 aromatic carbocycles. The van der Waals surface area contributed by atoms with Crippen molar-refractivity contribution in [2.45, 2.75) is 58.7 Å². The van der Waals surface area contributed by atoms with Crippen molar-refractivity contribution in [2.24, 2.45) is 0 Å². The third-order valence-corrected chi connectivity index (χ3v) is 3.44. The number of hydrogen-bond acceptors (Lipinski definition) is 5. The molecule has 1 atom stereocenters. The first-order valence-electron chi connectivity index (χ1n) is 8.56. The van der Waals surface area contributed by atoms with Crippen LogP contribution in [0.4, 0.5) is 4.79 Å². The molecule has 7 nitrogen and oxygen atoms in total. The van der Waals surface area contributed by atoms with Crippen LogP contribution in [0.1, 0.15) is 45.2 Å². The predicted molar refractivity (Wildman–Crippen MR) is 97.5 cm³/mol. The molecule has 7 heteroatoms. The molecule has 0 saturated carbocycles. The second-order valence-electron chi connectivity index (χ2n) is 6.87. The topological polar surface area (TPSA) is 93.7 Å². The van der Waals surface area contributed by atoms with Gasteiger partial charge in [-0.2, -0.15) is 0 Å². The molecule has 0 heterocycles. The van der Waals surface area contributed by atoms with E-state index in [4.69, 9.17) is 9.47 Å². The molecule has 0 saturated heterocycles. The predicted octanol–water partition coefficient (Wildman–Crippen LogP) is 2.32. The Balaban J connectivity index is 2.63. The number of carbonyl (C=O) groups is 3. The average molecular weight is 364 g/mol. The monoisotopic (exact) mass is 364 g/mol. The van der Waals surface area contributed by atoms with Crippen LogP contribution in [0.3, 0.4) is 0 Å². The highest BCUT2D eigenvalue weighted by Crippen LogP contribution is 2.10. The maximum atomic E-state index is 11.8. The van der Waals surface area contributed by atoms with Crippen molar-refractivity contribution in [3.8, 4) is 0 Å². The van der Waals surface area contributed by atoms with E-state index in [1.165, 1.54) is 7.11 Å². The molecule has 2 amide bonds. The number of ether oxygens (including phenoxy) is 2. The molecule has 0 spiro atoms. The average Bonchev–Trinajstić information content (AvgIpc) is 2.58. The summed E-state index contributed by atoms with van der Waals surface area (Å²) in [4.78, 5) is 35.1. The molecule has 0 aliphatic rings. The molecule has 144 valence electrons. The molecule has 1 unspecified atom stereocenters. The second kappa shape index (κ2) is 9.79. The smallest absolute Gasteiger partial charge is 0.407 e. The largest absolute Gasteiger partial charge is 0.467 e. The number of hydrogen-bond donors (Lipinski definition) is 2. The molecule has 0 bridgehead atoms. The lowest BCUT2D eigenvalue weighted by Gasteiger charge is -2.19. The molecule has 1 rings (SSSR count). The van der Waals surface area contributed by atoms with E-state index in [0.717, 1.165) is 11.1 Å². The molecular formula is C19H28N2O5. The fraction of sp³-hybridized carbons (Fsp3) is 0.526. The van der Waals surface area contributed by atoms with Crippen molar-refractivity contribution < 1.29 is 23.9 Å². The van der Waals surface area contributed by atoms with Gasteiger partial charge in [0.15, 0.2) is 0 Å². The Bertz CT molecular complexity index is 620. The van der Waals surface area contributed by atoms with Gasteiger partial charge in [-0.25, -0.2) is 9.59 Å². The van der Waals surface area contributed by atoms with Crippen molar-refractivity contribution in [1.29, 1.82) is 0 Å². The summed E-state index contributed by atoms with van der Waals surface area (Å²) < 4.78 is 9.92. The van der Waals surface area contributed by atoms with Gasteiger partial charge in [0, 0.05) is 19.4 Å². The molecule has 2 N–H and O–H groups in total. The number of benzene rings is 1. The summed E-state index contributed by atoms with van der Waals surface area (Å²) in [5.41, 5.74) is 1.23. The Morgan fingerprint density at radius 2 is 1.65 bits per heavy atom. The van der Waals surface area contributed by atoms with E-state index in [-0.39, 0.29) is 5.91 Å². The molecule has 0 aliphatic heterocycles. The van der Waals surface area contributed by atoms with Crippen LogP contribution in [0.25, 0.3) is 0 Å². The molecular weight excluding hydrogens is 336 g/mol. The van der Waals surface area contributed by atoms with Crippen LogP contribution in [0.2, 0.25) is 0 Å². The summed E-state index contributed by atoms with van der Waals surface area (Å²) >= 11 is 0. The summed E-state index contributed by atoms with van der Waals surface area (Å²) in [7, 11) is 1.29. The SMILES string of the molecule is CCC(=O)NC(Cc1ccc(CNC(=O)OC(C)(C)C)cc1)C(=O)OC. The van der Waals surface area contributed by atoms with Gasteiger partial charge >= 0.3 is 12.1 Å². The van der Waals surface area contributed by atoms with Crippen LogP contribution in [0.15, 0.2) is 24.3 Å². The number of alkyl carbamates (subject to hydrolysis) is 1. The van der Waals surface area contributed by atoms with E-state index in [9.17, 15) is 14.4 Å². The van der Waals surface area contributed by atoms with Gasteiger partial charge in [-0.15, -0.1) is 0 Å². The van der Waals surface area contributed by atoms with Crippen molar-refractivity contribution in [2.75, 3.05) is 7.11 Å². The first-order valence-corrected chi connectivity index (χ1v) is 8.56. The van der Waals surface area contributed by atoms with Gasteiger partial charge in [-0.05, 0) is 31.9 Å². The van der Waals surface area contributed by atoms with Crippen LogP contribution in [-0.2, 0) is 32.0 Å². The number of methoxy groups -OCH3 is 1. The van der Waals surface area contributed by atoms with Gasteiger partial charge in [-0.1, -0.05) is 31.2 Å². The van der Waals surface area contributed by atoms with Crippen molar-refractivity contribution in [3.05, 3.63) is 35.4 Å². The van der Waals surface area contributed by atoms with Crippen molar-refractivity contribution in [1.82, 2.24) is 10.6 Å². The van der Waals surface area contributed by atoms with E-state index < -0.39 is 23.7 Å². The van der Waals surface area contributed by atoms with E-state index in [0.29, 0.717) is 19.4 Å². The summed E-state index contributed by atoms with van der Waals surface area (Å²) in [5, 5.41) is 5.34. The summed E-state index contributed by atoms with van der Waals surface area (Å²) in [6.07, 6.45) is 0.149. The first-order chi connectivity index (χ1) is 12.1. The normalized spacial score (nSPS) is 12.0. The van der Waals surface area contributed by atoms with Gasteiger partial charge < -0.3 is 20.1 Å². The zero-order valence-electron chi connectivity index (χ0n) is 16.0. The van der Waals surface area contributed by atoms with Crippen LogP contribution in [0.5, 0.6) is 0 Å². The van der Waals surface area contributed by atoms with E-state index >= 15 is 0 Å². The number of carbonyl (C=O) groups excluding carboxylic acids is 3. The molecule has 26 heavy (non-hydrogen) atoms. The molecule has 0 aromatic heterocycles. The minimum atomic E-state index is -0.724. The fourth-order valence-corrected chi connectivity index (χ4v) is 2.15. The van der Waals surface area contributed by atoms with Crippen molar-refractivity contribution >= 4 is 18.0 Å². The van der Waals surface area contributed by atoms with Gasteiger partial charge in [0.25, 0.3) is 0 Å². The highest BCUT2D eigenvalue weighted by atomic mass is 16.6. The molecule has 1 aromatic rings. The lowest BCUT2D eigenvalue weighted by molar-refractivity contribution is -0.145. The maximum Gasteiger partial charge on any atom is 0.407 e. The maximum absolute atomic E-state index is 11.8. The van der Waals surface area contributed by atoms with Crippen LogP contribution < -0.4 is 10.6 Å². The van der Waals surface area contributed by atoms with Crippen LogP contribution >= 0.6 is 0 Å². The van der Waals surface area contributed by atoms with Gasteiger partial charge in [-0.3, -0.25) is 4.79 Å². The van der Waals surface area contributed by atoms with Crippen molar-refractivity contribution in [3.63, 3.8) is 0 Å². The minimum absolute atomic E-state index is 0.210. The lowest BCUT2D eigenvalue weighted by Crippen LogP contribution is -2.42. The highest BCUT2D eigenvalue weighted by Gasteiger charge is 2.21. The van der Waals surface area contributed by atoms with Gasteiger partial charge in [0.05, 0.1) is 7.11 Å². The molecule has 0 radical (unpaired) electrons. The lowest BCUT2D eigenvalue weighted by atomic mass is 10.0. The second-order valence-corrected chi connectivity index (χ2v) is 6.87. The Labute approximate surface area is 154 Å². The Morgan fingerprint density at radius 3 is 2.15 bits per heavy atom. The highest BCUT2D eigenvalue weighted by molar-refractivity contribution is 5.84. The number of nitrogens with one attached hydrogen (secondary N) is 2. The fourth-order valence-electron chi connectivity index (χ4n) is 2.15. The first kappa shape index (κ1) is 21.5. The number of esters is 1. The summed E-state index contributed by atoms with van der Waals surface area (Å²) in [6, 6.07) is 6.67. The number of amides is 2. The Morgan fingerprint density at radius 1 is 1.08 bits per heavy atom. The quantitative estimate of drug-likeness (QED) is 0.724. The van der Waals surface area contributed by atoms with E-state index in [1.54, 1.807) is 27.7 Å². The number of rotatable bonds is 7. The van der Waals surface area contributed by atoms with Gasteiger partial charge in [0.1, 0.15) is 11.6 Å². The zero-order chi connectivity index (χ0) is 19.7. The standard InChI is InChI=1S/C19H28N2O5/c1-6-16(22)21-15(17(23)25-5)11-13-7-9-14(10-8-13)12-20-18(24)26-19(2,3)4/h7-10,15H,6,11-12H2,1-5H3,(H,20,24)(H,21,22). The molecule has 0 aliphatic carbocycles. The summed E-state index contributed by atoms with van der Waals surface area (Å²) in [6.45, 7) is 7.46.